The van der Waals surface area contributed by atoms with E-state index in [0.717, 1.165) is 63.0 Å². The van der Waals surface area contributed by atoms with Gasteiger partial charge in [-0.15, -0.1) is 0 Å². The van der Waals surface area contributed by atoms with Crippen molar-refractivity contribution in [2.24, 2.45) is 0 Å². The third-order valence-electron chi connectivity index (χ3n) is 5.55. The molecule has 0 unspecified atom stereocenters. The minimum atomic E-state index is -0.156. The van der Waals surface area contributed by atoms with Gasteiger partial charge in [-0.1, -0.05) is 19.8 Å². The van der Waals surface area contributed by atoms with Gasteiger partial charge in [0.2, 0.25) is 0 Å². The zero-order chi connectivity index (χ0) is 16.9. The van der Waals surface area contributed by atoms with Crippen LogP contribution in [0.4, 0.5) is 5.69 Å². The molecule has 2 saturated heterocycles. The van der Waals surface area contributed by atoms with Crippen molar-refractivity contribution in [1.82, 2.24) is 4.90 Å². The first-order chi connectivity index (χ1) is 11.7. The van der Waals surface area contributed by atoms with E-state index >= 15 is 0 Å². The van der Waals surface area contributed by atoms with Crippen LogP contribution in [-0.2, 0) is 0 Å². The van der Waals surface area contributed by atoms with Gasteiger partial charge in [0.25, 0.3) is 5.91 Å². The van der Waals surface area contributed by atoms with Gasteiger partial charge in [-0.25, -0.2) is 0 Å². The van der Waals surface area contributed by atoms with Crippen LogP contribution in [0.1, 0.15) is 62.2 Å². The first-order valence-electron chi connectivity index (χ1n) is 9.53. The fraction of sp³-hybridized carbons (Fsp3) is 0.650. The van der Waals surface area contributed by atoms with E-state index in [1.165, 1.54) is 12.8 Å². The van der Waals surface area contributed by atoms with Gasteiger partial charge < -0.3 is 14.9 Å². The Morgan fingerprint density at radius 3 is 2.42 bits per heavy atom. The van der Waals surface area contributed by atoms with Gasteiger partial charge in [0.1, 0.15) is 0 Å². The Hall–Kier alpha value is -1.55. The highest BCUT2D eigenvalue weighted by molar-refractivity contribution is 5.94. The van der Waals surface area contributed by atoms with Crippen LogP contribution < -0.4 is 4.90 Å². The van der Waals surface area contributed by atoms with Crippen LogP contribution in [0.5, 0.6) is 0 Å². The number of nitrogens with zero attached hydrogens (tertiary/aromatic N) is 2. The van der Waals surface area contributed by atoms with Crippen molar-refractivity contribution in [1.29, 1.82) is 0 Å². The number of amides is 1. The molecule has 1 amide bonds. The zero-order valence-corrected chi connectivity index (χ0v) is 14.8. The van der Waals surface area contributed by atoms with Gasteiger partial charge in [0.05, 0.1) is 6.10 Å². The van der Waals surface area contributed by atoms with Crippen LogP contribution in [0.2, 0.25) is 0 Å². The zero-order valence-electron chi connectivity index (χ0n) is 14.8. The van der Waals surface area contributed by atoms with Crippen molar-refractivity contribution < 1.29 is 9.90 Å². The average molecular weight is 330 g/mol. The molecular formula is C20H30N2O2. The van der Waals surface area contributed by atoms with Crippen LogP contribution in [0.15, 0.2) is 24.3 Å². The normalized spacial score (nSPS) is 23.2. The predicted octanol–water partition coefficient (Wildman–Crippen LogP) is 3.44. The molecule has 1 aromatic rings. The highest BCUT2D eigenvalue weighted by atomic mass is 16.3. The predicted molar refractivity (Wildman–Crippen MR) is 97.5 cm³/mol. The van der Waals surface area contributed by atoms with Gasteiger partial charge in [-0.3, -0.25) is 4.79 Å². The Morgan fingerprint density at radius 2 is 1.75 bits per heavy atom. The van der Waals surface area contributed by atoms with Crippen molar-refractivity contribution in [3.05, 3.63) is 29.8 Å². The van der Waals surface area contributed by atoms with E-state index in [-0.39, 0.29) is 12.0 Å². The van der Waals surface area contributed by atoms with Gasteiger partial charge in [-0.2, -0.15) is 0 Å². The largest absolute Gasteiger partial charge is 0.393 e. The van der Waals surface area contributed by atoms with E-state index < -0.39 is 0 Å². The van der Waals surface area contributed by atoms with Crippen LogP contribution in [0.25, 0.3) is 0 Å². The number of hydrogen-bond donors (Lipinski definition) is 1. The number of rotatable bonds is 3. The topological polar surface area (TPSA) is 43.8 Å². The summed E-state index contributed by atoms with van der Waals surface area (Å²) in [6.07, 6.45) is 7.27. The van der Waals surface area contributed by atoms with Crippen molar-refractivity contribution in [2.75, 3.05) is 24.5 Å². The summed E-state index contributed by atoms with van der Waals surface area (Å²) < 4.78 is 0. The molecule has 132 valence electrons. The molecule has 0 bridgehead atoms. The van der Waals surface area contributed by atoms with E-state index in [1.807, 2.05) is 12.1 Å². The second-order valence-electron chi connectivity index (χ2n) is 7.18. The van der Waals surface area contributed by atoms with Crippen LogP contribution >= 0.6 is 0 Å². The summed E-state index contributed by atoms with van der Waals surface area (Å²) in [5, 5.41) is 9.63. The van der Waals surface area contributed by atoms with E-state index in [2.05, 4.69) is 28.9 Å². The number of anilines is 1. The maximum absolute atomic E-state index is 12.9. The number of piperidine rings is 1. The monoisotopic (exact) mass is 330 g/mol. The molecule has 0 aromatic heterocycles. The Kier molecular flexibility index (Phi) is 5.77. The molecule has 2 heterocycles. The minimum Gasteiger partial charge on any atom is -0.393 e. The molecule has 2 aliphatic rings. The lowest BCUT2D eigenvalue weighted by Gasteiger charge is -2.32. The van der Waals surface area contributed by atoms with Gasteiger partial charge in [-0.05, 0) is 56.4 Å². The average Bonchev–Trinajstić information content (AvgIpc) is 2.87. The highest BCUT2D eigenvalue weighted by Gasteiger charge is 2.25. The van der Waals surface area contributed by atoms with Gasteiger partial charge in [0.15, 0.2) is 0 Å². The van der Waals surface area contributed by atoms with Crippen molar-refractivity contribution in [3.63, 3.8) is 0 Å². The standard InChI is InChI=1S/C20H30N2O2/c1-2-17-6-4-3-5-13-22(17)20(24)16-7-9-18(10-8-16)21-14-11-19(23)12-15-21/h7-10,17,19,23H,2-6,11-15H2,1H3/t17-/m1/s1. The number of benzene rings is 1. The lowest BCUT2D eigenvalue weighted by molar-refractivity contribution is 0.0678. The van der Waals surface area contributed by atoms with E-state index in [4.69, 9.17) is 0 Å². The molecule has 0 aliphatic carbocycles. The Balaban J connectivity index is 1.69. The number of aliphatic hydroxyl groups is 1. The molecule has 0 spiro atoms. The molecule has 0 radical (unpaired) electrons. The van der Waals surface area contributed by atoms with Gasteiger partial charge >= 0.3 is 0 Å². The number of likely N-dealkylation sites (tertiary alicyclic amines) is 1. The SMILES string of the molecule is CC[C@@H]1CCCCCN1C(=O)c1ccc(N2CCC(O)CC2)cc1. The molecule has 1 aromatic carbocycles. The molecule has 3 rings (SSSR count). The summed E-state index contributed by atoms with van der Waals surface area (Å²) in [6, 6.07) is 8.46. The van der Waals surface area contributed by atoms with E-state index in [9.17, 15) is 9.90 Å². The Morgan fingerprint density at radius 1 is 1.04 bits per heavy atom. The van der Waals surface area contributed by atoms with E-state index in [1.54, 1.807) is 0 Å². The maximum Gasteiger partial charge on any atom is 0.254 e. The first kappa shape index (κ1) is 17.3. The number of carbonyl (C=O) groups is 1. The lowest BCUT2D eigenvalue weighted by atomic mass is 10.1. The molecule has 1 atom stereocenters. The van der Waals surface area contributed by atoms with Crippen molar-refractivity contribution in [2.45, 2.75) is 64.0 Å². The smallest absolute Gasteiger partial charge is 0.254 e. The molecule has 2 fully saturated rings. The number of aliphatic hydroxyl groups excluding tert-OH is 1. The number of carbonyl (C=O) groups excluding carboxylic acids is 1. The fourth-order valence-electron chi connectivity index (χ4n) is 3.97. The summed E-state index contributed by atoms with van der Waals surface area (Å²) in [7, 11) is 0. The third-order valence-corrected chi connectivity index (χ3v) is 5.55. The molecule has 4 heteroatoms. The van der Waals surface area contributed by atoms with Crippen LogP contribution in [-0.4, -0.2) is 47.7 Å². The molecule has 1 N–H and O–H groups in total. The summed E-state index contributed by atoms with van der Waals surface area (Å²) in [5.41, 5.74) is 1.96. The lowest BCUT2D eigenvalue weighted by Crippen LogP contribution is -2.39. The summed E-state index contributed by atoms with van der Waals surface area (Å²) in [6.45, 7) is 4.85. The minimum absolute atomic E-state index is 0.156. The van der Waals surface area contributed by atoms with Crippen LogP contribution in [0.3, 0.4) is 0 Å². The summed E-state index contributed by atoms with van der Waals surface area (Å²) in [4.78, 5) is 17.3. The van der Waals surface area contributed by atoms with Gasteiger partial charge in [0, 0.05) is 36.9 Å². The maximum atomic E-state index is 12.9. The fourth-order valence-corrected chi connectivity index (χ4v) is 3.97. The molecule has 2 aliphatic heterocycles. The second kappa shape index (κ2) is 8.02. The van der Waals surface area contributed by atoms with E-state index in [0.29, 0.717) is 6.04 Å². The second-order valence-corrected chi connectivity index (χ2v) is 7.18. The number of hydrogen-bond acceptors (Lipinski definition) is 3. The Bertz CT molecular complexity index is 535. The van der Waals surface area contributed by atoms with Crippen LogP contribution in [0, 0.1) is 0 Å². The van der Waals surface area contributed by atoms with Crippen molar-refractivity contribution in [3.8, 4) is 0 Å². The summed E-state index contributed by atoms with van der Waals surface area (Å²) >= 11 is 0. The molecule has 4 nitrogen and oxygen atoms in total. The summed E-state index contributed by atoms with van der Waals surface area (Å²) in [5.74, 6) is 0.185. The molecule has 0 saturated carbocycles. The molecular weight excluding hydrogens is 300 g/mol. The Labute approximate surface area is 145 Å². The highest BCUT2D eigenvalue weighted by Crippen LogP contribution is 2.24. The quantitative estimate of drug-likeness (QED) is 0.923. The van der Waals surface area contributed by atoms with Crippen molar-refractivity contribution >= 4 is 11.6 Å². The first-order valence-corrected chi connectivity index (χ1v) is 9.53. The molecule has 24 heavy (non-hydrogen) atoms. The third kappa shape index (κ3) is 3.92.